The van der Waals surface area contributed by atoms with E-state index in [1.54, 1.807) is 19.1 Å². The fourth-order valence-corrected chi connectivity index (χ4v) is 3.07. The summed E-state index contributed by atoms with van der Waals surface area (Å²) in [6.07, 6.45) is 1.72. The predicted octanol–water partition coefficient (Wildman–Crippen LogP) is 1.29. The zero-order valence-electron chi connectivity index (χ0n) is 9.72. The molecule has 0 amide bonds. The number of rotatable bonds is 2. The van der Waals surface area contributed by atoms with Gasteiger partial charge in [0, 0.05) is 12.2 Å². The van der Waals surface area contributed by atoms with E-state index in [1.165, 1.54) is 6.07 Å². The van der Waals surface area contributed by atoms with Crippen molar-refractivity contribution in [1.82, 2.24) is 4.47 Å². The molecule has 0 bridgehead atoms. The van der Waals surface area contributed by atoms with Crippen LogP contribution < -0.4 is 5.73 Å². The van der Waals surface area contributed by atoms with E-state index in [1.807, 2.05) is 0 Å². The predicted molar refractivity (Wildman–Crippen MR) is 64.7 cm³/mol. The van der Waals surface area contributed by atoms with Crippen molar-refractivity contribution in [3.05, 3.63) is 23.8 Å². The third-order valence-corrected chi connectivity index (χ3v) is 4.45. The highest BCUT2D eigenvalue weighted by Crippen LogP contribution is 2.22. The number of nitrogen functional groups attached to an aromatic ring is 1. The monoisotopic (exact) mass is 256 g/mol. The summed E-state index contributed by atoms with van der Waals surface area (Å²) < 4.78 is 25.5. The van der Waals surface area contributed by atoms with Crippen molar-refractivity contribution in [1.29, 1.82) is 0 Å². The summed E-state index contributed by atoms with van der Waals surface area (Å²) in [5.74, 6) is 0. The van der Waals surface area contributed by atoms with E-state index in [4.69, 9.17) is 10.6 Å². The quantitative estimate of drug-likeness (QED) is 0.809. The molecule has 17 heavy (non-hydrogen) atoms. The molecule has 1 heterocycles. The minimum Gasteiger partial charge on any atom is -0.399 e. The van der Waals surface area contributed by atoms with Crippen LogP contribution >= 0.6 is 0 Å². The van der Waals surface area contributed by atoms with Crippen LogP contribution in [0.2, 0.25) is 0 Å². The third-order valence-electron chi connectivity index (χ3n) is 2.78. The largest absolute Gasteiger partial charge is 0.399 e. The normalized spacial score (nSPS) is 18.2. The molecule has 1 saturated heterocycles. The molecular weight excluding hydrogens is 240 g/mol. The summed E-state index contributed by atoms with van der Waals surface area (Å²) in [6.45, 7) is 2.64. The van der Waals surface area contributed by atoms with Gasteiger partial charge in [0.1, 0.15) is 0 Å². The summed E-state index contributed by atoms with van der Waals surface area (Å²) in [4.78, 5) is 5.41. The second-order valence-corrected chi connectivity index (χ2v) is 5.92. The van der Waals surface area contributed by atoms with Crippen LogP contribution in [0.1, 0.15) is 18.4 Å². The Balaban J connectivity index is 2.33. The number of nitrogens with two attached hydrogens (primary N) is 1. The van der Waals surface area contributed by atoms with Gasteiger partial charge in [-0.2, -0.15) is 0 Å². The van der Waals surface area contributed by atoms with Crippen LogP contribution in [0.3, 0.4) is 0 Å². The van der Waals surface area contributed by atoms with Crippen molar-refractivity contribution >= 4 is 15.7 Å². The number of nitrogens with zero attached hydrogens (tertiary/aromatic N) is 1. The lowest BCUT2D eigenvalue weighted by molar-refractivity contribution is -0.108. The Morgan fingerprint density at radius 2 is 2.12 bits per heavy atom. The van der Waals surface area contributed by atoms with Crippen LogP contribution in [0.5, 0.6) is 0 Å². The maximum atomic E-state index is 12.2. The number of hydroxylamine groups is 1. The first-order valence-corrected chi connectivity index (χ1v) is 6.97. The Labute approximate surface area is 101 Å². The highest BCUT2D eigenvalue weighted by Gasteiger charge is 2.27. The van der Waals surface area contributed by atoms with Gasteiger partial charge in [0.25, 0.3) is 10.0 Å². The maximum Gasteiger partial charge on any atom is 0.265 e. The standard InChI is InChI=1S/C11H16N2O3S/c1-9-8-10(4-5-11(9)12)17(14,15)13-6-2-3-7-16-13/h4-5,8H,2-3,6-7,12H2,1H3. The van der Waals surface area contributed by atoms with Gasteiger partial charge < -0.3 is 5.73 Å². The minimum absolute atomic E-state index is 0.228. The average Bonchev–Trinajstić information content (AvgIpc) is 2.33. The first-order valence-electron chi connectivity index (χ1n) is 5.53. The number of sulfonamides is 1. The van der Waals surface area contributed by atoms with E-state index in [-0.39, 0.29) is 4.90 Å². The summed E-state index contributed by atoms with van der Waals surface area (Å²) in [6, 6.07) is 4.68. The van der Waals surface area contributed by atoms with Crippen molar-refractivity contribution in [3.8, 4) is 0 Å². The summed E-state index contributed by atoms with van der Waals surface area (Å²) >= 11 is 0. The number of hydrogen-bond donors (Lipinski definition) is 1. The molecule has 0 aromatic heterocycles. The molecule has 5 nitrogen and oxygen atoms in total. The molecule has 0 unspecified atom stereocenters. The van der Waals surface area contributed by atoms with Gasteiger partial charge in [0.15, 0.2) is 0 Å². The third kappa shape index (κ3) is 2.43. The van der Waals surface area contributed by atoms with E-state index in [0.29, 0.717) is 18.8 Å². The molecular formula is C11H16N2O3S. The second-order valence-electron chi connectivity index (χ2n) is 4.09. The Kier molecular flexibility index (Phi) is 3.37. The molecule has 0 saturated carbocycles. The number of benzene rings is 1. The minimum atomic E-state index is -3.55. The van der Waals surface area contributed by atoms with Crippen molar-refractivity contribution in [2.75, 3.05) is 18.9 Å². The van der Waals surface area contributed by atoms with Gasteiger partial charge in [0.05, 0.1) is 11.5 Å². The van der Waals surface area contributed by atoms with Crippen molar-refractivity contribution < 1.29 is 13.3 Å². The Bertz CT molecular complexity index is 507. The van der Waals surface area contributed by atoms with E-state index < -0.39 is 10.0 Å². The van der Waals surface area contributed by atoms with Gasteiger partial charge >= 0.3 is 0 Å². The molecule has 2 rings (SSSR count). The Morgan fingerprint density at radius 3 is 2.71 bits per heavy atom. The van der Waals surface area contributed by atoms with Gasteiger partial charge in [-0.05, 0) is 43.5 Å². The molecule has 0 atom stereocenters. The zero-order chi connectivity index (χ0) is 12.5. The fraction of sp³-hybridized carbons (Fsp3) is 0.455. The zero-order valence-corrected chi connectivity index (χ0v) is 10.5. The molecule has 1 aromatic carbocycles. The molecule has 0 radical (unpaired) electrons. The SMILES string of the molecule is Cc1cc(S(=O)(=O)N2CCCCO2)ccc1N. The molecule has 94 valence electrons. The molecule has 2 N–H and O–H groups in total. The van der Waals surface area contributed by atoms with Crippen LogP contribution in [0, 0.1) is 6.92 Å². The molecule has 6 heteroatoms. The number of aryl methyl sites for hydroxylation is 1. The fourth-order valence-electron chi connectivity index (χ4n) is 1.69. The van der Waals surface area contributed by atoms with Crippen LogP contribution in [0.4, 0.5) is 5.69 Å². The van der Waals surface area contributed by atoms with Gasteiger partial charge in [0.2, 0.25) is 0 Å². The highest BCUT2D eigenvalue weighted by molar-refractivity contribution is 7.89. The Morgan fingerprint density at radius 1 is 1.35 bits per heavy atom. The molecule has 1 aliphatic rings. The lowest BCUT2D eigenvalue weighted by Gasteiger charge is -2.25. The average molecular weight is 256 g/mol. The Hall–Kier alpha value is -1.11. The smallest absolute Gasteiger partial charge is 0.265 e. The molecule has 1 fully saturated rings. The molecule has 0 spiro atoms. The van der Waals surface area contributed by atoms with Gasteiger partial charge in [-0.1, -0.05) is 4.47 Å². The van der Waals surface area contributed by atoms with Gasteiger partial charge in [-0.3, -0.25) is 4.84 Å². The first kappa shape index (κ1) is 12.3. The number of anilines is 1. The van der Waals surface area contributed by atoms with Crippen molar-refractivity contribution in [2.45, 2.75) is 24.7 Å². The second kappa shape index (κ2) is 4.64. The first-order chi connectivity index (χ1) is 8.01. The van der Waals surface area contributed by atoms with E-state index >= 15 is 0 Å². The van der Waals surface area contributed by atoms with Crippen LogP contribution in [-0.2, 0) is 14.9 Å². The van der Waals surface area contributed by atoms with Crippen LogP contribution in [-0.4, -0.2) is 26.0 Å². The van der Waals surface area contributed by atoms with E-state index in [0.717, 1.165) is 22.9 Å². The van der Waals surface area contributed by atoms with E-state index in [2.05, 4.69) is 0 Å². The lowest BCUT2D eigenvalue weighted by Crippen LogP contribution is -2.35. The highest BCUT2D eigenvalue weighted by atomic mass is 32.2. The van der Waals surface area contributed by atoms with Crippen molar-refractivity contribution in [2.24, 2.45) is 0 Å². The van der Waals surface area contributed by atoms with E-state index in [9.17, 15) is 8.42 Å². The maximum absolute atomic E-state index is 12.2. The van der Waals surface area contributed by atoms with Crippen molar-refractivity contribution in [3.63, 3.8) is 0 Å². The van der Waals surface area contributed by atoms with Gasteiger partial charge in [-0.15, -0.1) is 0 Å². The topological polar surface area (TPSA) is 72.6 Å². The van der Waals surface area contributed by atoms with Crippen LogP contribution in [0.25, 0.3) is 0 Å². The van der Waals surface area contributed by atoms with Gasteiger partial charge in [-0.25, -0.2) is 8.42 Å². The molecule has 1 aliphatic heterocycles. The lowest BCUT2D eigenvalue weighted by atomic mass is 10.2. The summed E-state index contributed by atoms with van der Waals surface area (Å²) in [5, 5.41) is 0. The molecule has 1 aromatic rings. The summed E-state index contributed by atoms with van der Waals surface area (Å²) in [5.41, 5.74) is 7.01. The summed E-state index contributed by atoms with van der Waals surface area (Å²) in [7, 11) is -3.55. The number of hydrogen-bond acceptors (Lipinski definition) is 4. The molecule has 0 aliphatic carbocycles. The van der Waals surface area contributed by atoms with Crippen LogP contribution in [0.15, 0.2) is 23.1 Å².